The van der Waals surface area contributed by atoms with Crippen molar-refractivity contribution in [3.8, 4) is 0 Å². The molecule has 0 saturated carbocycles. The number of hydrogen-bond donors (Lipinski definition) is 1. The minimum Gasteiger partial charge on any atom is -0.314 e. The number of hydrogen-bond acceptors (Lipinski definition) is 3. The molecule has 2 heterocycles. The Morgan fingerprint density at radius 3 is 2.50 bits per heavy atom. The van der Waals surface area contributed by atoms with Crippen molar-refractivity contribution in [2.24, 2.45) is 5.92 Å². The number of piperidine rings is 1. The third kappa shape index (κ3) is 3.32. The minimum atomic E-state index is -3.34. The van der Waals surface area contributed by atoms with Gasteiger partial charge in [-0.05, 0) is 48.9 Å². The largest absolute Gasteiger partial charge is 0.314 e. The van der Waals surface area contributed by atoms with Crippen molar-refractivity contribution in [2.75, 3.05) is 19.6 Å². The number of nitrogens with zero attached hydrogens (tertiary/aromatic N) is 1. The van der Waals surface area contributed by atoms with Gasteiger partial charge >= 0.3 is 0 Å². The maximum absolute atomic E-state index is 12.8. The normalized spacial score (nSPS) is 25.8. The molecule has 0 bridgehead atoms. The molecule has 2 aliphatic heterocycles. The van der Waals surface area contributed by atoms with Crippen LogP contribution in [-0.2, 0) is 10.0 Å². The smallest absolute Gasteiger partial charge is 0.243 e. The molecule has 6 heteroatoms. The van der Waals surface area contributed by atoms with Crippen molar-refractivity contribution in [1.29, 1.82) is 0 Å². The van der Waals surface area contributed by atoms with Crippen molar-refractivity contribution >= 4 is 22.4 Å². The summed E-state index contributed by atoms with van der Waals surface area (Å²) in [5, 5.41) is 3.47. The van der Waals surface area contributed by atoms with Crippen LogP contribution in [0.2, 0.25) is 0 Å². The highest BCUT2D eigenvalue weighted by Gasteiger charge is 2.37. The summed E-state index contributed by atoms with van der Waals surface area (Å²) in [7, 11) is -3.34. The molecule has 2 aliphatic rings. The van der Waals surface area contributed by atoms with E-state index in [4.69, 9.17) is 0 Å². The van der Waals surface area contributed by atoms with E-state index in [1.54, 1.807) is 16.4 Å². The molecule has 124 valence electrons. The number of halogens is 1. The molecule has 0 radical (unpaired) electrons. The van der Waals surface area contributed by atoms with Gasteiger partial charge in [-0.3, -0.25) is 0 Å². The molecular formula is C16H25ClN2O2S. The third-order valence-corrected chi connectivity index (χ3v) is 6.68. The van der Waals surface area contributed by atoms with Crippen molar-refractivity contribution in [2.45, 2.75) is 43.5 Å². The SMILES string of the molecule is CC(C)c1ccc(S(=O)(=O)N2CCC3NCCC3C2)cc1.Cl. The first-order chi connectivity index (χ1) is 9.98. The average Bonchev–Trinajstić information content (AvgIpc) is 2.94. The minimum absolute atomic E-state index is 0. The molecule has 4 nitrogen and oxygen atoms in total. The Hall–Kier alpha value is -0.620. The van der Waals surface area contributed by atoms with Crippen LogP contribution >= 0.6 is 12.4 Å². The van der Waals surface area contributed by atoms with Gasteiger partial charge in [0.2, 0.25) is 10.0 Å². The van der Waals surface area contributed by atoms with E-state index in [1.807, 2.05) is 12.1 Å². The zero-order valence-corrected chi connectivity index (χ0v) is 14.8. The summed E-state index contributed by atoms with van der Waals surface area (Å²) in [6.45, 7) is 6.53. The molecule has 1 aromatic rings. The van der Waals surface area contributed by atoms with Gasteiger partial charge in [-0.2, -0.15) is 4.31 Å². The maximum Gasteiger partial charge on any atom is 0.243 e. The van der Waals surface area contributed by atoms with Crippen molar-refractivity contribution in [3.05, 3.63) is 29.8 Å². The lowest BCUT2D eigenvalue weighted by Gasteiger charge is -2.34. The Balaban J connectivity index is 0.00000176. The lowest BCUT2D eigenvalue weighted by Crippen LogP contribution is -2.46. The van der Waals surface area contributed by atoms with Crippen LogP contribution in [0.4, 0.5) is 0 Å². The summed E-state index contributed by atoms with van der Waals surface area (Å²) in [4.78, 5) is 0.427. The highest BCUT2D eigenvalue weighted by molar-refractivity contribution is 7.89. The maximum atomic E-state index is 12.8. The average molecular weight is 345 g/mol. The summed E-state index contributed by atoms with van der Waals surface area (Å²) in [6.07, 6.45) is 2.01. The van der Waals surface area contributed by atoms with E-state index in [1.165, 1.54) is 5.56 Å². The summed E-state index contributed by atoms with van der Waals surface area (Å²) >= 11 is 0. The Bertz CT molecular complexity index is 601. The Morgan fingerprint density at radius 1 is 1.18 bits per heavy atom. The quantitative estimate of drug-likeness (QED) is 0.917. The molecule has 2 saturated heterocycles. The summed E-state index contributed by atoms with van der Waals surface area (Å²) in [5.74, 6) is 0.894. The van der Waals surface area contributed by atoms with E-state index >= 15 is 0 Å². The first-order valence-corrected chi connectivity index (χ1v) is 9.26. The summed E-state index contributed by atoms with van der Waals surface area (Å²) < 4.78 is 27.2. The van der Waals surface area contributed by atoms with Gasteiger partial charge in [0, 0.05) is 19.1 Å². The monoisotopic (exact) mass is 344 g/mol. The molecule has 0 aromatic heterocycles. The van der Waals surface area contributed by atoms with Gasteiger partial charge in [0.05, 0.1) is 4.90 Å². The number of benzene rings is 1. The first kappa shape index (κ1) is 17.7. The molecular weight excluding hydrogens is 320 g/mol. The lowest BCUT2D eigenvalue weighted by atomic mass is 9.95. The van der Waals surface area contributed by atoms with Crippen LogP contribution in [0, 0.1) is 5.92 Å². The molecule has 1 N–H and O–H groups in total. The molecule has 22 heavy (non-hydrogen) atoms. The highest BCUT2D eigenvalue weighted by atomic mass is 35.5. The van der Waals surface area contributed by atoms with E-state index in [9.17, 15) is 8.42 Å². The number of fused-ring (bicyclic) bond motifs is 1. The van der Waals surface area contributed by atoms with Gasteiger partial charge in [-0.25, -0.2) is 8.42 Å². The van der Waals surface area contributed by atoms with Crippen LogP contribution in [0.5, 0.6) is 0 Å². The highest BCUT2D eigenvalue weighted by Crippen LogP contribution is 2.29. The van der Waals surface area contributed by atoms with Gasteiger partial charge in [0.25, 0.3) is 0 Å². The molecule has 0 aliphatic carbocycles. The van der Waals surface area contributed by atoms with Crippen LogP contribution in [0.25, 0.3) is 0 Å². The van der Waals surface area contributed by atoms with Gasteiger partial charge < -0.3 is 5.32 Å². The number of nitrogens with one attached hydrogen (secondary N) is 1. The van der Waals surface area contributed by atoms with Crippen LogP contribution in [-0.4, -0.2) is 38.4 Å². The van der Waals surface area contributed by atoms with Crippen LogP contribution in [0.1, 0.15) is 38.2 Å². The third-order valence-electron chi connectivity index (χ3n) is 4.80. The van der Waals surface area contributed by atoms with Crippen molar-refractivity contribution in [3.63, 3.8) is 0 Å². The molecule has 3 rings (SSSR count). The predicted molar refractivity (Wildman–Crippen MR) is 91.1 cm³/mol. The van der Waals surface area contributed by atoms with E-state index in [0.29, 0.717) is 35.9 Å². The lowest BCUT2D eigenvalue weighted by molar-refractivity contribution is 0.247. The Morgan fingerprint density at radius 2 is 1.86 bits per heavy atom. The fourth-order valence-corrected chi connectivity index (χ4v) is 4.92. The van der Waals surface area contributed by atoms with Gasteiger partial charge in [0.1, 0.15) is 0 Å². The second-order valence-electron chi connectivity index (χ2n) is 6.48. The molecule has 0 amide bonds. The Kier molecular flexibility index (Phi) is 5.54. The molecule has 2 atom stereocenters. The number of sulfonamides is 1. The second kappa shape index (κ2) is 6.87. The van der Waals surface area contributed by atoms with E-state index in [-0.39, 0.29) is 12.4 Å². The van der Waals surface area contributed by atoms with E-state index < -0.39 is 10.0 Å². The van der Waals surface area contributed by atoms with Gasteiger partial charge in [0.15, 0.2) is 0 Å². The number of rotatable bonds is 3. The second-order valence-corrected chi connectivity index (χ2v) is 8.42. The standard InChI is InChI=1S/C16H24N2O2S.ClH/c1-12(2)13-3-5-15(6-4-13)21(19,20)18-10-8-16-14(11-18)7-9-17-16;/h3-6,12,14,16-17H,7-11H2,1-2H3;1H. The molecule has 2 fully saturated rings. The molecule has 1 aromatic carbocycles. The van der Waals surface area contributed by atoms with E-state index in [0.717, 1.165) is 19.4 Å². The predicted octanol–water partition coefficient (Wildman–Crippen LogP) is 2.60. The molecule has 2 unspecified atom stereocenters. The van der Waals surface area contributed by atoms with Crippen LogP contribution in [0.3, 0.4) is 0 Å². The fourth-order valence-electron chi connectivity index (χ4n) is 3.41. The zero-order chi connectivity index (χ0) is 15.0. The zero-order valence-electron chi connectivity index (χ0n) is 13.2. The topological polar surface area (TPSA) is 49.4 Å². The van der Waals surface area contributed by atoms with Gasteiger partial charge in [-0.1, -0.05) is 26.0 Å². The van der Waals surface area contributed by atoms with Crippen molar-refractivity contribution in [1.82, 2.24) is 9.62 Å². The summed E-state index contributed by atoms with van der Waals surface area (Å²) in [6, 6.07) is 7.88. The van der Waals surface area contributed by atoms with Crippen molar-refractivity contribution < 1.29 is 8.42 Å². The fraction of sp³-hybridized carbons (Fsp3) is 0.625. The summed E-state index contributed by atoms with van der Waals surface area (Å²) in [5.41, 5.74) is 1.17. The van der Waals surface area contributed by atoms with E-state index in [2.05, 4.69) is 19.2 Å². The Labute approximate surface area is 139 Å². The first-order valence-electron chi connectivity index (χ1n) is 7.82. The van der Waals surface area contributed by atoms with Crippen LogP contribution in [0.15, 0.2) is 29.2 Å². The van der Waals surface area contributed by atoms with Crippen LogP contribution < -0.4 is 5.32 Å². The van der Waals surface area contributed by atoms with Gasteiger partial charge in [-0.15, -0.1) is 12.4 Å². The molecule has 0 spiro atoms.